The van der Waals surface area contributed by atoms with Gasteiger partial charge in [0.2, 0.25) is 0 Å². The molecule has 22 heavy (non-hydrogen) atoms. The lowest BCUT2D eigenvalue weighted by molar-refractivity contribution is 0.545. The van der Waals surface area contributed by atoms with Gasteiger partial charge in [-0.2, -0.15) is 5.26 Å². The first-order valence-electron chi connectivity index (χ1n) is 6.92. The van der Waals surface area contributed by atoms with Crippen molar-refractivity contribution in [2.24, 2.45) is 0 Å². The lowest BCUT2D eigenvalue weighted by Crippen LogP contribution is -2.24. The van der Waals surface area contributed by atoms with E-state index in [2.05, 4.69) is 15.0 Å². The molecule has 1 aliphatic rings. The summed E-state index contributed by atoms with van der Waals surface area (Å²) in [6, 6.07) is 1.98. The van der Waals surface area contributed by atoms with Crippen molar-refractivity contribution in [3.05, 3.63) is 34.1 Å². The molecular weight excluding hydrogens is 298 g/mol. The third-order valence-electron chi connectivity index (χ3n) is 3.39. The van der Waals surface area contributed by atoms with Crippen LogP contribution in [-0.4, -0.2) is 25.3 Å². The molecule has 0 unspecified atom stereocenters. The minimum atomic E-state index is -0.285. The largest absolute Gasteiger partial charge is 0.286 e. The minimum Gasteiger partial charge on any atom is -0.286 e. The third-order valence-corrected chi connectivity index (χ3v) is 4.34. The predicted molar refractivity (Wildman–Crippen MR) is 83.7 cm³/mol. The zero-order chi connectivity index (χ0) is 15.9. The van der Waals surface area contributed by atoms with Gasteiger partial charge in [-0.05, 0) is 0 Å². The van der Waals surface area contributed by atoms with Crippen molar-refractivity contribution >= 4 is 11.8 Å². The highest BCUT2D eigenvalue weighted by molar-refractivity contribution is 7.99. The molecule has 112 valence electrons. The Bertz CT molecular complexity index is 827. The number of nitrogens with zero attached hydrogens (tertiary/aromatic N) is 5. The smallest absolute Gasteiger partial charge is 0.272 e. The molecule has 0 fully saturated rings. The summed E-state index contributed by atoms with van der Waals surface area (Å²) in [5.74, 6) is 1.51. The first-order chi connectivity index (χ1) is 10.4. The number of hydrogen-bond acceptors (Lipinski definition) is 6. The monoisotopic (exact) mass is 313 g/mol. The van der Waals surface area contributed by atoms with Gasteiger partial charge in [0, 0.05) is 35.7 Å². The van der Waals surface area contributed by atoms with Crippen LogP contribution < -0.4 is 5.56 Å². The van der Waals surface area contributed by atoms with Gasteiger partial charge in [-0.25, -0.2) is 15.0 Å². The van der Waals surface area contributed by atoms with Crippen molar-refractivity contribution in [1.82, 2.24) is 19.5 Å². The fourth-order valence-corrected chi connectivity index (χ4v) is 3.16. The molecule has 0 aliphatic carbocycles. The van der Waals surface area contributed by atoms with Crippen LogP contribution in [0.5, 0.6) is 0 Å². The molecule has 3 heterocycles. The van der Waals surface area contributed by atoms with Crippen molar-refractivity contribution < 1.29 is 0 Å². The molecule has 0 saturated carbocycles. The van der Waals surface area contributed by atoms with E-state index in [-0.39, 0.29) is 16.5 Å². The second-order valence-electron chi connectivity index (χ2n) is 6.08. The van der Waals surface area contributed by atoms with Crippen molar-refractivity contribution in [3.8, 4) is 17.3 Å². The second kappa shape index (κ2) is 5.21. The maximum atomic E-state index is 12.4. The van der Waals surface area contributed by atoms with E-state index in [1.54, 1.807) is 17.0 Å². The molecule has 1 aliphatic heterocycles. The summed E-state index contributed by atoms with van der Waals surface area (Å²) < 4.78 is 1.55. The average molecular weight is 313 g/mol. The molecular formula is C15H15N5OS. The number of aromatic nitrogens is 4. The fraction of sp³-hybridized carbons (Fsp3) is 0.400. The number of nitriles is 1. The van der Waals surface area contributed by atoms with E-state index in [9.17, 15) is 10.1 Å². The van der Waals surface area contributed by atoms with Crippen LogP contribution in [0.4, 0.5) is 0 Å². The van der Waals surface area contributed by atoms with Gasteiger partial charge in [-0.3, -0.25) is 9.36 Å². The first kappa shape index (κ1) is 14.7. The fourth-order valence-electron chi connectivity index (χ4n) is 2.22. The van der Waals surface area contributed by atoms with Crippen LogP contribution in [0.1, 0.15) is 32.2 Å². The molecule has 3 rings (SSSR count). The van der Waals surface area contributed by atoms with Crippen LogP contribution in [0, 0.1) is 11.3 Å². The summed E-state index contributed by atoms with van der Waals surface area (Å²) in [6.45, 7) is 6.68. The van der Waals surface area contributed by atoms with Gasteiger partial charge in [0.05, 0.1) is 5.69 Å². The molecule has 0 radical (unpaired) electrons. The molecule has 0 atom stereocenters. The van der Waals surface area contributed by atoms with Gasteiger partial charge in [-0.1, -0.05) is 32.5 Å². The third kappa shape index (κ3) is 2.40. The van der Waals surface area contributed by atoms with Crippen LogP contribution in [0.3, 0.4) is 0 Å². The normalized spacial score (nSPS) is 13.7. The molecule has 0 bridgehead atoms. The molecule has 0 N–H and O–H groups in total. The van der Waals surface area contributed by atoms with E-state index in [1.165, 1.54) is 11.8 Å². The van der Waals surface area contributed by atoms with E-state index >= 15 is 0 Å². The SMILES string of the molecule is CC(C)(C)c1ncc(-c2nc3n(c(=O)c2C#N)CCS3)cn1. The Kier molecular flexibility index (Phi) is 3.49. The highest BCUT2D eigenvalue weighted by atomic mass is 32.2. The van der Waals surface area contributed by atoms with Crippen molar-refractivity contribution in [2.75, 3.05) is 5.75 Å². The number of hydrogen-bond donors (Lipinski definition) is 0. The Morgan fingerprint density at radius 3 is 2.59 bits per heavy atom. The minimum absolute atomic E-state index is 0.0540. The molecule has 0 spiro atoms. The summed E-state index contributed by atoms with van der Waals surface area (Å²) >= 11 is 1.52. The van der Waals surface area contributed by atoms with Gasteiger partial charge in [0.25, 0.3) is 5.56 Å². The zero-order valence-electron chi connectivity index (χ0n) is 12.6. The van der Waals surface area contributed by atoms with Crippen LogP contribution in [0.25, 0.3) is 11.3 Å². The van der Waals surface area contributed by atoms with Gasteiger partial charge >= 0.3 is 0 Å². The summed E-state index contributed by atoms with van der Waals surface area (Å²) in [4.78, 5) is 25.5. The number of fused-ring (bicyclic) bond motifs is 1. The highest BCUT2D eigenvalue weighted by Gasteiger charge is 2.23. The average Bonchev–Trinajstić information content (AvgIpc) is 2.95. The van der Waals surface area contributed by atoms with Crippen LogP contribution in [0.15, 0.2) is 22.3 Å². The maximum Gasteiger partial charge on any atom is 0.272 e. The van der Waals surface area contributed by atoms with E-state index in [4.69, 9.17) is 0 Å². The quantitative estimate of drug-likeness (QED) is 0.748. The van der Waals surface area contributed by atoms with E-state index in [1.807, 2.05) is 26.8 Å². The zero-order valence-corrected chi connectivity index (χ0v) is 13.4. The van der Waals surface area contributed by atoms with Gasteiger partial charge in [-0.15, -0.1) is 0 Å². The Hall–Kier alpha value is -2.20. The predicted octanol–water partition coefficient (Wildman–Crippen LogP) is 1.98. The van der Waals surface area contributed by atoms with Gasteiger partial charge in [0.15, 0.2) is 5.16 Å². The molecule has 7 heteroatoms. The molecule has 0 saturated heterocycles. The molecule has 6 nitrogen and oxygen atoms in total. The van der Waals surface area contributed by atoms with E-state index in [0.717, 1.165) is 5.75 Å². The summed E-state index contributed by atoms with van der Waals surface area (Å²) in [7, 11) is 0. The Balaban J connectivity index is 2.15. The van der Waals surface area contributed by atoms with Crippen LogP contribution in [-0.2, 0) is 12.0 Å². The topological polar surface area (TPSA) is 84.5 Å². The van der Waals surface area contributed by atoms with E-state index < -0.39 is 0 Å². The second-order valence-corrected chi connectivity index (χ2v) is 7.14. The van der Waals surface area contributed by atoms with Crippen LogP contribution in [0.2, 0.25) is 0 Å². The standard InChI is InChI=1S/C15H15N5OS/c1-15(2,3)13-17-7-9(8-18-13)11-10(6-16)12(21)20-4-5-22-14(20)19-11/h7-8H,4-5H2,1-3H3. The number of thioether (sulfide) groups is 1. The molecule has 2 aromatic heterocycles. The maximum absolute atomic E-state index is 12.4. The van der Waals surface area contributed by atoms with Crippen molar-refractivity contribution in [2.45, 2.75) is 37.9 Å². The van der Waals surface area contributed by atoms with Gasteiger partial charge < -0.3 is 0 Å². The van der Waals surface area contributed by atoms with E-state index in [0.29, 0.717) is 28.8 Å². The summed E-state index contributed by atoms with van der Waals surface area (Å²) in [5.41, 5.74) is 0.578. The Morgan fingerprint density at radius 2 is 2.00 bits per heavy atom. The van der Waals surface area contributed by atoms with Crippen LogP contribution >= 0.6 is 11.8 Å². The highest BCUT2D eigenvalue weighted by Crippen LogP contribution is 2.27. The summed E-state index contributed by atoms with van der Waals surface area (Å²) in [5, 5.41) is 9.98. The number of rotatable bonds is 1. The Morgan fingerprint density at radius 1 is 1.32 bits per heavy atom. The lowest BCUT2D eigenvalue weighted by atomic mass is 9.95. The lowest BCUT2D eigenvalue weighted by Gasteiger charge is -2.16. The summed E-state index contributed by atoms with van der Waals surface area (Å²) in [6.07, 6.45) is 3.26. The van der Waals surface area contributed by atoms with Gasteiger partial charge in [0.1, 0.15) is 17.5 Å². The molecule has 0 aromatic carbocycles. The molecule has 0 amide bonds. The Labute approximate surface area is 132 Å². The molecule has 2 aromatic rings. The first-order valence-corrected chi connectivity index (χ1v) is 7.91. The van der Waals surface area contributed by atoms with Crippen molar-refractivity contribution in [1.29, 1.82) is 5.26 Å². The van der Waals surface area contributed by atoms with Crippen molar-refractivity contribution in [3.63, 3.8) is 0 Å².